The number of halogens is 3. The molecule has 23 heavy (non-hydrogen) atoms. The maximum Gasteiger partial charge on any atom is 0.509 e. The summed E-state index contributed by atoms with van der Waals surface area (Å²) < 4.78 is 53.8. The number of esters is 1. The van der Waals surface area contributed by atoms with Crippen molar-refractivity contribution < 1.29 is 37.0 Å². The molecule has 5 nitrogen and oxygen atoms in total. The molecule has 0 aromatic rings. The Morgan fingerprint density at radius 3 is 1.91 bits per heavy atom. The molecule has 2 unspecified atom stereocenters. The highest BCUT2D eigenvalue weighted by molar-refractivity contribution is 5.87. The van der Waals surface area contributed by atoms with Gasteiger partial charge in [0.25, 0.3) is 0 Å². The molecule has 0 bridgehead atoms. The summed E-state index contributed by atoms with van der Waals surface area (Å²) in [6.45, 7) is 11.2. The number of rotatable bonds is 5. The lowest BCUT2D eigenvalue weighted by atomic mass is 9.98. The van der Waals surface area contributed by atoms with Gasteiger partial charge < -0.3 is 14.2 Å². The fourth-order valence-corrected chi connectivity index (χ4v) is 1.54. The molecule has 0 radical (unpaired) electrons. The first-order chi connectivity index (χ1) is 10.1. The van der Waals surface area contributed by atoms with Crippen molar-refractivity contribution in [3.8, 4) is 0 Å². The Balaban J connectivity index is 5.10. The normalized spacial score (nSPS) is 16.0. The number of carbonyl (C=O) groups is 2. The molecule has 0 amide bonds. The summed E-state index contributed by atoms with van der Waals surface area (Å²) >= 11 is 0. The van der Waals surface area contributed by atoms with Crippen molar-refractivity contribution in [1.82, 2.24) is 0 Å². The van der Waals surface area contributed by atoms with Crippen LogP contribution in [0.25, 0.3) is 0 Å². The van der Waals surface area contributed by atoms with Crippen molar-refractivity contribution in [2.75, 3.05) is 0 Å². The zero-order valence-electron chi connectivity index (χ0n) is 14.2. The second-order valence-electron chi connectivity index (χ2n) is 6.50. The molecule has 8 heteroatoms. The van der Waals surface area contributed by atoms with E-state index in [9.17, 15) is 22.8 Å². The summed E-state index contributed by atoms with van der Waals surface area (Å²) in [5.74, 6) is -0.820. The van der Waals surface area contributed by atoms with Gasteiger partial charge in [-0.2, -0.15) is 13.2 Å². The number of hydrogen-bond acceptors (Lipinski definition) is 5. The van der Waals surface area contributed by atoms with Crippen molar-refractivity contribution in [2.45, 2.75) is 71.4 Å². The largest absolute Gasteiger partial charge is 0.509 e. The van der Waals surface area contributed by atoms with Crippen LogP contribution in [-0.4, -0.2) is 35.6 Å². The molecular formula is C15H23F3O5. The van der Waals surface area contributed by atoms with Crippen molar-refractivity contribution in [3.05, 3.63) is 12.2 Å². The van der Waals surface area contributed by atoms with Crippen LogP contribution in [0.4, 0.5) is 18.0 Å². The van der Waals surface area contributed by atoms with Gasteiger partial charge in [-0.1, -0.05) is 6.58 Å². The number of hydrogen-bond donors (Lipinski definition) is 0. The van der Waals surface area contributed by atoms with Gasteiger partial charge >= 0.3 is 18.3 Å². The minimum atomic E-state index is -4.87. The van der Waals surface area contributed by atoms with Crippen molar-refractivity contribution in [3.63, 3.8) is 0 Å². The highest BCUT2D eigenvalue weighted by atomic mass is 19.4. The maximum absolute atomic E-state index is 13.3. The second-order valence-corrected chi connectivity index (χ2v) is 6.50. The standard InChI is InChI=1S/C15H23F3O5/c1-9(2)11(19)21-10(3)8-14(7,15(16,17)18)23-12(20)22-13(4,5)6/h10H,1,8H2,2-7H3. The molecule has 0 spiro atoms. The highest BCUT2D eigenvalue weighted by Gasteiger charge is 2.56. The number of ether oxygens (including phenoxy) is 3. The quantitative estimate of drug-likeness (QED) is 0.555. The molecule has 0 N–H and O–H groups in total. The van der Waals surface area contributed by atoms with Crippen LogP contribution in [-0.2, 0) is 19.0 Å². The minimum absolute atomic E-state index is 0.0543. The molecule has 0 saturated carbocycles. The molecule has 0 aromatic carbocycles. The van der Waals surface area contributed by atoms with E-state index in [-0.39, 0.29) is 5.57 Å². The smallest absolute Gasteiger partial charge is 0.459 e. The van der Waals surface area contributed by atoms with Crippen LogP contribution < -0.4 is 0 Å². The molecule has 2 atom stereocenters. The fourth-order valence-electron chi connectivity index (χ4n) is 1.54. The summed E-state index contributed by atoms with van der Waals surface area (Å²) in [4.78, 5) is 22.9. The van der Waals surface area contributed by atoms with Gasteiger partial charge in [-0.3, -0.25) is 0 Å². The van der Waals surface area contributed by atoms with Gasteiger partial charge in [0.05, 0.1) is 0 Å². The lowest BCUT2D eigenvalue weighted by molar-refractivity contribution is -0.266. The van der Waals surface area contributed by atoms with E-state index in [0.29, 0.717) is 6.92 Å². The first-order valence-electron chi connectivity index (χ1n) is 6.92. The van der Waals surface area contributed by atoms with Crippen LogP contribution in [0.5, 0.6) is 0 Å². The first-order valence-corrected chi connectivity index (χ1v) is 6.92. The minimum Gasteiger partial charge on any atom is -0.459 e. The summed E-state index contributed by atoms with van der Waals surface area (Å²) in [6.07, 6.45) is -8.23. The molecule has 0 fully saturated rings. The first kappa shape index (κ1) is 21.3. The van der Waals surface area contributed by atoms with Crippen LogP contribution >= 0.6 is 0 Å². The van der Waals surface area contributed by atoms with E-state index in [1.54, 1.807) is 0 Å². The average Bonchev–Trinajstić information content (AvgIpc) is 2.23. The summed E-state index contributed by atoms with van der Waals surface area (Å²) in [5.41, 5.74) is -3.80. The third kappa shape index (κ3) is 7.38. The molecule has 0 aliphatic carbocycles. The van der Waals surface area contributed by atoms with E-state index in [4.69, 9.17) is 9.47 Å². The number of alkyl halides is 3. The third-order valence-corrected chi connectivity index (χ3v) is 2.63. The average molecular weight is 340 g/mol. The van der Waals surface area contributed by atoms with Crippen LogP contribution in [0.3, 0.4) is 0 Å². The topological polar surface area (TPSA) is 61.8 Å². The van der Waals surface area contributed by atoms with Crippen LogP contribution in [0.2, 0.25) is 0 Å². The summed E-state index contributed by atoms with van der Waals surface area (Å²) in [7, 11) is 0. The second kappa shape index (κ2) is 7.23. The predicted molar refractivity (Wildman–Crippen MR) is 76.8 cm³/mol. The molecule has 134 valence electrons. The van der Waals surface area contributed by atoms with Crippen molar-refractivity contribution in [1.29, 1.82) is 0 Å². The SMILES string of the molecule is C=C(C)C(=O)OC(C)CC(C)(OC(=O)OC(C)(C)C)C(F)(F)F. The van der Waals surface area contributed by atoms with Gasteiger partial charge in [-0.25, -0.2) is 9.59 Å². The Labute approximate surface area is 133 Å². The zero-order chi connectivity index (χ0) is 18.6. The highest BCUT2D eigenvalue weighted by Crippen LogP contribution is 2.38. The predicted octanol–water partition coefficient (Wildman–Crippen LogP) is 4.16. The van der Waals surface area contributed by atoms with Gasteiger partial charge in [0.1, 0.15) is 11.7 Å². The molecule has 0 aliphatic heterocycles. The Kier molecular flexibility index (Phi) is 6.68. The van der Waals surface area contributed by atoms with Gasteiger partial charge in [-0.05, 0) is 41.5 Å². The Bertz CT molecular complexity index is 465. The Morgan fingerprint density at radius 1 is 1.09 bits per heavy atom. The number of carbonyl (C=O) groups excluding carboxylic acids is 2. The van der Waals surface area contributed by atoms with Gasteiger partial charge in [0.2, 0.25) is 5.60 Å². The molecule has 0 rings (SSSR count). The zero-order valence-corrected chi connectivity index (χ0v) is 14.2. The monoisotopic (exact) mass is 340 g/mol. The Morgan fingerprint density at radius 2 is 1.57 bits per heavy atom. The third-order valence-electron chi connectivity index (χ3n) is 2.63. The van der Waals surface area contributed by atoms with Gasteiger partial charge in [-0.15, -0.1) is 0 Å². The molecule has 0 heterocycles. The van der Waals surface area contributed by atoms with Crippen LogP contribution in [0.1, 0.15) is 48.0 Å². The fraction of sp³-hybridized carbons (Fsp3) is 0.733. The lowest BCUT2D eigenvalue weighted by Crippen LogP contribution is -2.49. The molecule has 0 saturated heterocycles. The summed E-state index contributed by atoms with van der Waals surface area (Å²) in [5, 5.41) is 0. The van der Waals surface area contributed by atoms with Crippen molar-refractivity contribution >= 4 is 12.1 Å². The molecule has 0 aromatic heterocycles. The maximum atomic E-state index is 13.3. The van der Waals surface area contributed by atoms with Crippen molar-refractivity contribution in [2.24, 2.45) is 0 Å². The van der Waals surface area contributed by atoms with E-state index in [2.05, 4.69) is 11.3 Å². The lowest BCUT2D eigenvalue weighted by Gasteiger charge is -2.34. The van der Waals surface area contributed by atoms with Crippen LogP contribution in [0, 0.1) is 0 Å². The van der Waals surface area contributed by atoms with Crippen LogP contribution in [0.15, 0.2) is 12.2 Å². The van der Waals surface area contributed by atoms with Gasteiger partial charge in [0.15, 0.2) is 0 Å². The van der Waals surface area contributed by atoms with Gasteiger partial charge in [0, 0.05) is 12.0 Å². The van der Waals surface area contributed by atoms with E-state index < -0.39 is 42.0 Å². The van der Waals surface area contributed by atoms with E-state index >= 15 is 0 Å². The Hall–Kier alpha value is -1.73. The van der Waals surface area contributed by atoms with E-state index in [0.717, 1.165) is 0 Å². The summed E-state index contributed by atoms with van der Waals surface area (Å²) in [6, 6.07) is 0. The molecular weight excluding hydrogens is 317 g/mol. The molecule has 0 aliphatic rings. The van der Waals surface area contributed by atoms with E-state index in [1.807, 2.05) is 0 Å². The van der Waals surface area contributed by atoms with E-state index in [1.165, 1.54) is 34.6 Å².